The summed E-state index contributed by atoms with van der Waals surface area (Å²) in [7, 11) is 1.55. The second-order valence-electron chi connectivity index (χ2n) is 7.76. The predicted molar refractivity (Wildman–Crippen MR) is 112 cm³/mol. The van der Waals surface area contributed by atoms with Gasteiger partial charge in [0, 0.05) is 32.7 Å². The quantitative estimate of drug-likeness (QED) is 0.731. The van der Waals surface area contributed by atoms with Gasteiger partial charge in [0.05, 0.1) is 25.3 Å². The molecule has 2 amide bonds. The number of piperazine rings is 1. The molecule has 0 N–H and O–H groups in total. The topological polar surface area (TPSA) is 53.1 Å². The van der Waals surface area contributed by atoms with Gasteiger partial charge in [0.25, 0.3) is 5.91 Å². The number of carbonyl (C=O) groups is 2. The van der Waals surface area contributed by atoms with E-state index in [0.29, 0.717) is 11.4 Å². The molecule has 29 heavy (non-hydrogen) atoms. The minimum absolute atomic E-state index is 0.147. The number of amides is 2. The molecule has 0 bridgehead atoms. The van der Waals surface area contributed by atoms with Gasteiger partial charge in [0.15, 0.2) is 0 Å². The molecular weight excluding hydrogens is 366 g/mol. The van der Waals surface area contributed by atoms with Crippen LogP contribution in [-0.4, -0.2) is 60.9 Å². The van der Waals surface area contributed by atoms with E-state index in [2.05, 4.69) is 41.0 Å². The maximum atomic E-state index is 13.1. The average Bonchev–Trinajstić information content (AvgIpc) is 3.02. The van der Waals surface area contributed by atoms with E-state index < -0.39 is 0 Å². The highest BCUT2D eigenvalue weighted by atomic mass is 16.5. The number of rotatable bonds is 5. The number of hydrogen-bond donors (Lipinski definition) is 0. The van der Waals surface area contributed by atoms with Gasteiger partial charge < -0.3 is 4.74 Å². The molecule has 2 aromatic carbocycles. The van der Waals surface area contributed by atoms with Gasteiger partial charge in [-0.2, -0.15) is 0 Å². The van der Waals surface area contributed by atoms with Gasteiger partial charge in [-0.1, -0.05) is 42.0 Å². The molecule has 0 radical (unpaired) electrons. The van der Waals surface area contributed by atoms with Gasteiger partial charge >= 0.3 is 0 Å². The van der Waals surface area contributed by atoms with E-state index in [1.54, 1.807) is 19.2 Å². The average molecular weight is 393 g/mol. The van der Waals surface area contributed by atoms with Gasteiger partial charge in [0.1, 0.15) is 5.75 Å². The number of hydrogen-bond acceptors (Lipinski definition) is 5. The van der Waals surface area contributed by atoms with Crippen LogP contribution in [0.1, 0.15) is 17.5 Å². The molecule has 152 valence electrons. The molecule has 2 heterocycles. The standard InChI is InChI=1S/C23H27N3O3/c1-17-6-5-7-18(14-17)16-24-10-12-25(13-11-24)20-15-22(27)26(23(20)28)19-8-3-4-9-21(19)29-2/h3-9,14,20H,10-13,15-16H2,1-2H3/t20-/m1/s1. The molecule has 2 aliphatic rings. The third-order valence-corrected chi connectivity index (χ3v) is 5.79. The lowest BCUT2D eigenvalue weighted by atomic mass is 10.1. The number of para-hydroxylation sites is 2. The van der Waals surface area contributed by atoms with Crippen molar-refractivity contribution in [2.24, 2.45) is 0 Å². The lowest BCUT2D eigenvalue weighted by Crippen LogP contribution is -2.52. The van der Waals surface area contributed by atoms with Crippen molar-refractivity contribution in [1.82, 2.24) is 9.80 Å². The van der Waals surface area contributed by atoms with Crippen molar-refractivity contribution in [2.45, 2.75) is 25.9 Å². The summed E-state index contributed by atoms with van der Waals surface area (Å²) < 4.78 is 5.35. The first-order valence-electron chi connectivity index (χ1n) is 10.1. The van der Waals surface area contributed by atoms with E-state index in [-0.39, 0.29) is 24.3 Å². The molecule has 6 heteroatoms. The Morgan fingerprint density at radius 3 is 2.48 bits per heavy atom. The van der Waals surface area contributed by atoms with Gasteiger partial charge in [-0.05, 0) is 24.6 Å². The summed E-state index contributed by atoms with van der Waals surface area (Å²) in [6, 6.07) is 15.4. The van der Waals surface area contributed by atoms with E-state index in [1.165, 1.54) is 16.0 Å². The van der Waals surface area contributed by atoms with Crippen molar-refractivity contribution in [1.29, 1.82) is 0 Å². The molecular formula is C23H27N3O3. The molecule has 1 atom stereocenters. The fourth-order valence-electron chi connectivity index (χ4n) is 4.27. The van der Waals surface area contributed by atoms with Crippen LogP contribution in [0.5, 0.6) is 5.75 Å². The Morgan fingerprint density at radius 2 is 1.76 bits per heavy atom. The number of ether oxygens (including phenoxy) is 1. The molecule has 6 nitrogen and oxygen atoms in total. The number of benzene rings is 2. The highest BCUT2D eigenvalue weighted by molar-refractivity contribution is 6.23. The zero-order valence-electron chi connectivity index (χ0n) is 17.0. The summed E-state index contributed by atoms with van der Waals surface area (Å²) in [6.07, 6.45) is 0.231. The second-order valence-corrected chi connectivity index (χ2v) is 7.76. The first-order chi connectivity index (χ1) is 14.1. The van der Waals surface area contributed by atoms with Crippen molar-refractivity contribution in [2.75, 3.05) is 38.2 Å². The third kappa shape index (κ3) is 4.04. The highest BCUT2D eigenvalue weighted by Gasteiger charge is 2.44. The SMILES string of the molecule is COc1ccccc1N1C(=O)C[C@@H](N2CCN(Cc3cccc(C)c3)CC2)C1=O. The predicted octanol–water partition coefficient (Wildman–Crippen LogP) is 2.45. The van der Waals surface area contributed by atoms with Crippen LogP contribution in [0.15, 0.2) is 48.5 Å². The fourth-order valence-corrected chi connectivity index (χ4v) is 4.27. The first kappa shape index (κ1) is 19.6. The lowest BCUT2D eigenvalue weighted by Gasteiger charge is -2.37. The molecule has 2 saturated heterocycles. The molecule has 4 rings (SSSR count). The smallest absolute Gasteiger partial charge is 0.251 e. The lowest BCUT2D eigenvalue weighted by molar-refractivity contribution is -0.123. The Hall–Kier alpha value is -2.70. The number of carbonyl (C=O) groups excluding carboxylic acids is 2. The summed E-state index contributed by atoms with van der Waals surface area (Å²) >= 11 is 0. The summed E-state index contributed by atoms with van der Waals surface area (Å²) in [6.45, 7) is 6.38. The maximum Gasteiger partial charge on any atom is 0.251 e. The minimum atomic E-state index is -0.381. The van der Waals surface area contributed by atoms with Crippen LogP contribution in [0, 0.1) is 6.92 Å². The Labute approximate surface area is 171 Å². The van der Waals surface area contributed by atoms with Crippen molar-refractivity contribution >= 4 is 17.5 Å². The Balaban J connectivity index is 1.40. The van der Waals surface area contributed by atoms with Crippen LogP contribution in [-0.2, 0) is 16.1 Å². The number of methoxy groups -OCH3 is 1. The van der Waals surface area contributed by atoms with Crippen LogP contribution >= 0.6 is 0 Å². The van der Waals surface area contributed by atoms with Gasteiger partial charge in [-0.15, -0.1) is 0 Å². The number of imide groups is 1. The molecule has 2 fully saturated rings. The van der Waals surface area contributed by atoms with Crippen LogP contribution < -0.4 is 9.64 Å². The van der Waals surface area contributed by atoms with Gasteiger partial charge in [-0.3, -0.25) is 19.4 Å². The Bertz CT molecular complexity index is 906. The number of aryl methyl sites for hydroxylation is 1. The van der Waals surface area contributed by atoms with Gasteiger partial charge in [-0.25, -0.2) is 4.90 Å². The van der Waals surface area contributed by atoms with Crippen LogP contribution in [0.2, 0.25) is 0 Å². The summed E-state index contributed by atoms with van der Waals surface area (Å²) in [4.78, 5) is 31.6. The molecule has 0 aromatic heterocycles. The van der Waals surface area contributed by atoms with Crippen molar-refractivity contribution < 1.29 is 14.3 Å². The van der Waals surface area contributed by atoms with E-state index in [9.17, 15) is 9.59 Å². The van der Waals surface area contributed by atoms with E-state index in [4.69, 9.17) is 4.74 Å². The highest BCUT2D eigenvalue weighted by Crippen LogP contribution is 2.33. The molecule has 2 aromatic rings. The van der Waals surface area contributed by atoms with E-state index in [0.717, 1.165) is 32.7 Å². The summed E-state index contributed by atoms with van der Waals surface area (Å²) in [5.74, 6) is 0.233. The third-order valence-electron chi connectivity index (χ3n) is 5.79. The number of nitrogens with zero attached hydrogens (tertiary/aromatic N) is 3. The van der Waals surface area contributed by atoms with E-state index >= 15 is 0 Å². The number of anilines is 1. The van der Waals surface area contributed by atoms with Crippen molar-refractivity contribution in [3.05, 3.63) is 59.7 Å². The van der Waals surface area contributed by atoms with Crippen LogP contribution in [0.25, 0.3) is 0 Å². The van der Waals surface area contributed by atoms with Crippen LogP contribution in [0.3, 0.4) is 0 Å². The minimum Gasteiger partial charge on any atom is -0.495 e. The summed E-state index contributed by atoms with van der Waals surface area (Å²) in [5, 5.41) is 0. The molecule has 2 aliphatic heterocycles. The summed E-state index contributed by atoms with van der Waals surface area (Å²) in [5.41, 5.74) is 3.12. The zero-order valence-corrected chi connectivity index (χ0v) is 17.0. The first-order valence-corrected chi connectivity index (χ1v) is 10.1. The molecule has 0 aliphatic carbocycles. The van der Waals surface area contributed by atoms with Crippen LogP contribution in [0.4, 0.5) is 5.69 Å². The van der Waals surface area contributed by atoms with E-state index in [1.807, 2.05) is 12.1 Å². The monoisotopic (exact) mass is 393 g/mol. The zero-order chi connectivity index (χ0) is 20.4. The fraction of sp³-hybridized carbons (Fsp3) is 0.391. The Morgan fingerprint density at radius 1 is 1.00 bits per heavy atom. The van der Waals surface area contributed by atoms with Gasteiger partial charge in [0.2, 0.25) is 5.91 Å². The largest absolute Gasteiger partial charge is 0.495 e. The molecule has 0 spiro atoms. The second kappa shape index (κ2) is 8.35. The Kier molecular flexibility index (Phi) is 5.65. The van der Waals surface area contributed by atoms with Crippen molar-refractivity contribution in [3.63, 3.8) is 0 Å². The molecule has 0 saturated carbocycles. The van der Waals surface area contributed by atoms with Crippen molar-refractivity contribution in [3.8, 4) is 5.75 Å². The maximum absolute atomic E-state index is 13.1. The molecule has 0 unspecified atom stereocenters. The normalized spacial score (nSPS) is 21.0.